The van der Waals surface area contributed by atoms with Gasteiger partial charge in [-0.05, 0) is 43.0 Å². The van der Waals surface area contributed by atoms with E-state index in [-0.39, 0.29) is 11.6 Å². The van der Waals surface area contributed by atoms with Gasteiger partial charge in [0.25, 0.3) is 0 Å². The molecular weight excluding hydrogens is 260 g/mol. The van der Waals surface area contributed by atoms with Crippen LogP contribution in [0.2, 0.25) is 5.02 Å². The highest BCUT2D eigenvalue weighted by Gasteiger charge is 2.36. The average Bonchev–Trinajstić information content (AvgIpc) is 2.42. The van der Waals surface area contributed by atoms with E-state index in [0.717, 1.165) is 30.2 Å². The normalized spacial score (nSPS) is 27.5. The number of nitrogens with one attached hydrogen (secondary N) is 1. The van der Waals surface area contributed by atoms with Crippen LogP contribution in [0, 0.1) is 5.92 Å². The zero-order chi connectivity index (χ0) is 13.9. The molecular formula is C15H23ClN2O. The van der Waals surface area contributed by atoms with Crippen molar-refractivity contribution >= 4 is 17.3 Å². The van der Waals surface area contributed by atoms with Gasteiger partial charge in [-0.3, -0.25) is 0 Å². The smallest absolute Gasteiger partial charge is 0.0620 e. The molecule has 0 saturated carbocycles. The van der Waals surface area contributed by atoms with Gasteiger partial charge in [0.2, 0.25) is 0 Å². The van der Waals surface area contributed by atoms with Gasteiger partial charge in [-0.1, -0.05) is 25.4 Å². The molecule has 1 saturated heterocycles. The summed E-state index contributed by atoms with van der Waals surface area (Å²) in [5.41, 5.74) is 7.03. The minimum atomic E-state index is -0.0684. The van der Waals surface area contributed by atoms with Crippen LogP contribution in [-0.2, 0) is 4.74 Å². The van der Waals surface area contributed by atoms with Gasteiger partial charge in [0.15, 0.2) is 0 Å². The minimum Gasteiger partial charge on any atom is -0.378 e. The Bertz CT molecular complexity index is 407. The number of halogens is 1. The van der Waals surface area contributed by atoms with Gasteiger partial charge in [0.05, 0.1) is 11.6 Å². The summed E-state index contributed by atoms with van der Waals surface area (Å²) >= 11 is 5.92. The molecule has 0 aromatic heterocycles. The van der Waals surface area contributed by atoms with Crippen molar-refractivity contribution in [1.29, 1.82) is 0 Å². The van der Waals surface area contributed by atoms with Crippen molar-refractivity contribution in [3.63, 3.8) is 0 Å². The molecule has 2 atom stereocenters. The molecule has 2 rings (SSSR count). The lowest BCUT2D eigenvalue weighted by atomic mass is 9.83. The van der Waals surface area contributed by atoms with Gasteiger partial charge in [-0.25, -0.2) is 0 Å². The number of rotatable bonds is 4. The fourth-order valence-corrected chi connectivity index (χ4v) is 2.70. The van der Waals surface area contributed by atoms with Crippen molar-refractivity contribution in [3.05, 3.63) is 29.3 Å². The first kappa shape index (κ1) is 14.6. The fraction of sp³-hybridized carbons (Fsp3) is 0.600. The van der Waals surface area contributed by atoms with Crippen LogP contribution in [0.1, 0.15) is 26.7 Å². The third-order valence-corrected chi connectivity index (χ3v) is 4.14. The third-order valence-electron chi connectivity index (χ3n) is 3.89. The SMILES string of the molecule is CC(C)C1CC(CN)(Nc2ccc(Cl)cc2)CCO1. The zero-order valence-electron chi connectivity index (χ0n) is 11.7. The van der Waals surface area contributed by atoms with E-state index in [9.17, 15) is 0 Å². The summed E-state index contributed by atoms with van der Waals surface area (Å²) in [6.07, 6.45) is 2.16. The second kappa shape index (κ2) is 6.12. The van der Waals surface area contributed by atoms with E-state index in [1.807, 2.05) is 24.3 Å². The fourth-order valence-electron chi connectivity index (χ4n) is 2.57. The van der Waals surface area contributed by atoms with Gasteiger partial charge in [-0.2, -0.15) is 0 Å². The molecule has 1 aliphatic rings. The van der Waals surface area contributed by atoms with Crippen LogP contribution in [0.25, 0.3) is 0 Å². The zero-order valence-corrected chi connectivity index (χ0v) is 12.4. The molecule has 0 amide bonds. The quantitative estimate of drug-likeness (QED) is 0.891. The number of nitrogens with two attached hydrogens (primary N) is 1. The Labute approximate surface area is 120 Å². The predicted molar refractivity (Wildman–Crippen MR) is 80.7 cm³/mol. The largest absolute Gasteiger partial charge is 0.378 e. The lowest BCUT2D eigenvalue weighted by Crippen LogP contribution is -2.53. The molecule has 1 heterocycles. The van der Waals surface area contributed by atoms with Crippen LogP contribution < -0.4 is 11.1 Å². The molecule has 106 valence electrons. The van der Waals surface area contributed by atoms with E-state index in [4.69, 9.17) is 22.1 Å². The number of benzene rings is 1. The summed E-state index contributed by atoms with van der Waals surface area (Å²) in [6.45, 7) is 5.77. The van der Waals surface area contributed by atoms with Crippen molar-refractivity contribution in [2.45, 2.75) is 38.3 Å². The van der Waals surface area contributed by atoms with E-state index in [0.29, 0.717) is 12.5 Å². The molecule has 0 spiro atoms. The standard InChI is InChI=1S/C15H23ClN2O/c1-11(2)14-9-15(10-17,7-8-19-14)18-13-5-3-12(16)4-6-13/h3-6,11,14,18H,7-10,17H2,1-2H3. The monoisotopic (exact) mass is 282 g/mol. The summed E-state index contributed by atoms with van der Waals surface area (Å²) in [5.74, 6) is 0.512. The molecule has 1 aliphatic heterocycles. The topological polar surface area (TPSA) is 47.3 Å². The Morgan fingerprint density at radius 1 is 1.42 bits per heavy atom. The molecule has 3 nitrogen and oxygen atoms in total. The minimum absolute atomic E-state index is 0.0684. The van der Waals surface area contributed by atoms with Crippen LogP contribution in [0.5, 0.6) is 0 Å². The van der Waals surface area contributed by atoms with E-state index in [1.54, 1.807) is 0 Å². The number of anilines is 1. The van der Waals surface area contributed by atoms with Crippen LogP contribution in [-0.4, -0.2) is 24.8 Å². The summed E-state index contributed by atoms with van der Waals surface area (Å²) in [6, 6.07) is 7.79. The first-order valence-electron chi connectivity index (χ1n) is 6.90. The lowest BCUT2D eigenvalue weighted by molar-refractivity contribution is -0.0357. The Morgan fingerprint density at radius 3 is 2.68 bits per heavy atom. The molecule has 4 heteroatoms. The van der Waals surface area contributed by atoms with Gasteiger partial charge >= 0.3 is 0 Å². The Hall–Kier alpha value is -0.770. The molecule has 1 aromatic carbocycles. The van der Waals surface area contributed by atoms with E-state index in [2.05, 4.69) is 19.2 Å². The van der Waals surface area contributed by atoms with Crippen molar-refractivity contribution in [3.8, 4) is 0 Å². The molecule has 0 radical (unpaired) electrons. The van der Waals surface area contributed by atoms with Crippen LogP contribution in [0.15, 0.2) is 24.3 Å². The van der Waals surface area contributed by atoms with E-state index in [1.165, 1.54) is 0 Å². The lowest BCUT2D eigenvalue weighted by Gasteiger charge is -2.42. The number of hydrogen-bond acceptors (Lipinski definition) is 3. The molecule has 19 heavy (non-hydrogen) atoms. The van der Waals surface area contributed by atoms with Crippen molar-refractivity contribution in [1.82, 2.24) is 0 Å². The van der Waals surface area contributed by atoms with Crippen LogP contribution in [0.4, 0.5) is 5.69 Å². The molecule has 0 aliphatic carbocycles. The Balaban J connectivity index is 2.11. The number of ether oxygens (including phenoxy) is 1. The van der Waals surface area contributed by atoms with Crippen LogP contribution >= 0.6 is 11.6 Å². The van der Waals surface area contributed by atoms with Gasteiger partial charge in [0, 0.05) is 23.9 Å². The first-order valence-corrected chi connectivity index (χ1v) is 7.28. The molecule has 1 fully saturated rings. The highest BCUT2D eigenvalue weighted by Crippen LogP contribution is 2.31. The molecule has 3 N–H and O–H groups in total. The Morgan fingerprint density at radius 2 is 2.11 bits per heavy atom. The van der Waals surface area contributed by atoms with Crippen molar-refractivity contribution in [2.24, 2.45) is 11.7 Å². The maximum atomic E-state index is 6.03. The molecule has 2 unspecified atom stereocenters. The number of hydrogen-bond donors (Lipinski definition) is 2. The molecule has 0 bridgehead atoms. The highest BCUT2D eigenvalue weighted by molar-refractivity contribution is 6.30. The third kappa shape index (κ3) is 3.62. The van der Waals surface area contributed by atoms with Crippen LogP contribution in [0.3, 0.4) is 0 Å². The summed E-state index contributed by atoms with van der Waals surface area (Å²) in [4.78, 5) is 0. The summed E-state index contributed by atoms with van der Waals surface area (Å²) in [7, 11) is 0. The average molecular weight is 283 g/mol. The second-order valence-corrected chi connectivity index (χ2v) is 6.16. The predicted octanol–water partition coefficient (Wildman–Crippen LogP) is 3.28. The summed E-state index contributed by atoms with van der Waals surface area (Å²) < 4.78 is 5.84. The van der Waals surface area contributed by atoms with Crippen molar-refractivity contribution < 1.29 is 4.74 Å². The first-order chi connectivity index (χ1) is 9.04. The van der Waals surface area contributed by atoms with E-state index < -0.39 is 0 Å². The second-order valence-electron chi connectivity index (χ2n) is 5.72. The maximum Gasteiger partial charge on any atom is 0.0620 e. The summed E-state index contributed by atoms with van der Waals surface area (Å²) in [5, 5.41) is 4.34. The van der Waals surface area contributed by atoms with Crippen molar-refractivity contribution in [2.75, 3.05) is 18.5 Å². The molecule has 1 aromatic rings. The van der Waals surface area contributed by atoms with E-state index >= 15 is 0 Å². The van der Waals surface area contributed by atoms with Gasteiger partial charge in [0.1, 0.15) is 0 Å². The Kier molecular flexibility index (Phi) is 4.71. The highest BCUT2D eigenvalue weighted by atomic mass is 35.5. The van der Waals surface area contributed by atoms with Gasteiger partial charge < -0.3 is 15.8 Å². The van der Waals surface area contributed by atoms with Gasteiger partial charge in [-0.15, -0.1) is 0 Å². The maximum absolute atomic E-state index is 6.03.